The van der Waals surface area contributed by atoms with E-state index in [4.69, 9.17) is 16.0 Å². The van der Waals surface area contributed by atoms with Crippen LogP contribution in [-0.4, -0.2) is 5.91 Å². The lowest BCUT2D eigenvalue weighted by atomic mass is 10.2. The van der Waals surface area contributed by atoms with Crippen LogP contribution in [0.4, 0.5) is 10.1 Å². The smallest absolute Gasteiger partial charge is 0.291 e. The van der Waals surface area contributed by atoms with E-state index in [9.17, 15) is 9.18 Å². The molecule has 0 atom stereocenters. The molecule has 0 aliphatic rings. The Bertz CT molecular complexity index is 764. The van der Waals surface area contributed by atoms with Gasteiger partial charge < -0.3 is 9.73 Å². The van der Waals surface area contributed by atoms with E-state index in [-0.39, 0.29) is 11.4 Å². The maximum Gasteiger partial charge on any atom is 0.291 e. The molecule has 1 aromatic heterocycles. The lowest BCUT2D eigenvalue weighted by Crippen LogP contribution is -2.12. The topological polar surface area (TPSA) is 42.2 Å². The third-order valence-corrected chi connectivity index (χ3v) is 3.06. The van der Waals surface area contributed by atoms with Crippen LogP contribution >= 0.6 is 11.6 Å². The van der Waals surface area contributed by atoms with Crippen LogP contribution in [0.2, 0.25) is 5.02 Å². The molecule has 100 valence electrons. The average molecular weight is 290 g/mol. The maximum atomic E-state index is 13.5. The van der Waals surface area contributed by atoms with Gasteiger partial charge in [0, 0.05) is 10.4 Å². The molecule has 1 amide bonds. The number of para-hydroxylation sites is 1. The highest BCUT2D eigenvalue weighted by Crippen LogP contribution is 2.22. The summed E-state index contributed by atoms with van der Waals surface area (Å²) in [6, 6.07) is 12.8. The first kappa shape index (κ1) is 12.7. The number of anilines is 1. The molecule has 0 spiro atoms. The Balaban J connectivity index is 1.90. The number of hydrogen-bond donors (Lipinski definition) is 1. The van der Waals surface area contributed by atoms with Crippen molar-refractivity contribution in [3.63, 3.8) is 0 Å². The highest BCUT2D eigenvalue weighted by Gasteiger charge is 2.14. The number of carbonyl (C=O) groups excluding carboxylic acids is 1. The number of hydrogen-bond acceptors (Lipinski definition) is 2. The molecule has 1 heterocycles. The Morgan fingerprint density at radius 1 is 1.15 bits per heavy atom. The van der Waals surface area contributed by atoms with Gasteiger partial charge >= 0.3 is 0 Å². The third kappa shape index (κ3) is 2.38. The van der Waals surface area contributed by atoms with Crippen LogP contribution in [-0.2, 0) is 0 Å². The van der Waals surface area contributed by atoms with Crippen LogP contribution in [0, 0.1) is 5.82 Å². The van der Waals surface area contributed by atoms with Gasteiger partial charge in [0.1, 0.15) is 11.4 Å². The minimum absolute atomic E-state index is 0.0166. The normalized spacial score (nSPS) is 10.7. The predicted molar refractivity (Wildman–Crippen MR) is 75.6 cm³/mol. The molecule has 0 saturated heterocycles. The number of rotatable bonds is 2. The molecule has 2 aromatic carbocycles. The summed E-state index contributed by atoms with van der Waals surface area (Å²) >= 11 is 5.77. The van der Waals surface area contributed by atoms with Crippen molar-refractivity contribution in [3.8, 4) is 0 Å². The van der Waals surface area contributed by atoms with Crippen LogP contribution in [0.15, 0.2) is 52.9 Å². The maximum absolute atomic E-state index is 13.5. The molecular weight excluding hydrogens is 281 g/mol. The zero-order valence-corrected chi connectivity index (χ0v) is 10.9. The van der Waals surface area contributed by atoms with Crippen LogP contribution in [0.25, 0.3) is 11.0 Å². The quantitative estimate of drug-likeness (QED) is 0.756. The molecule has 20 heavy (non-hydrogen) atoms. The van der Waals surface area contributed by atoms with E-state index in [1.165, 1.54) is 18.2 Å². The number of halogens is 2. The number of benzene rings is 2. The van der Waals surface area contributed by atoms with Crippen molar-refractivity contribution in [3.05, 3.63) is 65.1 Å². The first-order valence-electron chi connectivity index (χ1n) is 5.88. The van der Waals surface area contributed by atoms with Gasteiger partial charge in [-0.05, 0) is 30.3 Å². The van der Waals surface area contributed by atoms with Gasteiger partial charge in [-0.3, -0.25) is 4.79 Å². The zero-order chi connectivity index (χ0) is 14.1. The Labute approximate surface area is 119 Å². The third-order valence-electron chi connectivity index (χ3n) is 2.83. The summed E-state index contributed by atoms with van der Waals surface area (Å²) in [4.78, 5) is 12.0. The van der Waals surface area contributed by atoms with Gasteiger partial charge in [0.15, 0.2) is 5.76 Å². The number of carbonyl (C=O) groups is 1. The molecule has 1 N–H and O–H groups in total. The molecule has 3 nitrogen and oxygen atoms in total. The first-order chi connectivity index (χ1) is 9.63. The van der Waals surface area contributed by atoms with Gasteiger partial charge in [-0.25, -0.2) is 4.39 Å². The summed E-state index contributed by atoms with van der Waals surface area (Å²) in [5, 5.41) is 3.58. The Kier molecular flexibility index (Phi) is 3.16. The van der Waals surface area contributed by atoms with E-state index in [0.29, 0.717) is 10.6 Å². The molecule has 0 saturated carbocycles. The average Bonchev–Trinajstić information content (AvgIpc) is 2.87. The van der Waals surface area contributed by atoms with E-state index in [1.807, 2.05) is 18.2 Å². The molecule has 0 aliphatic heterocycles. The van der Waals surface area contributed by atoms with Crippen LogP contribution in [0.3, 0.4) is 0 Å². The monoisotopic (exact) mass is 289 g/mol. The minimum Gasteiger partial charge on any atom is -0.451 e. The van der Waals surface area contributed by atoms with Crippen LogP contribution < -0.4 is 5.32 Å². The molecule has 0 aliphatic carbocycles. The van der Waals surface area contributed by atoms with Crippen molar-refractivity contribution in [2.24, 2.45) is 0 Å². The number of nitrogens with one attached hydrogen (secondary N) is 1. The van der Waals surface area contributed by atoms with Gasteiger partial charge in [0.05, 0.1) is 5.69 Å². The van der Waals surface area contributed by atoms with E-state index < -0.39 is 11.7 Å². The summed E-state index contributed by atoms with van der Waals surface area (Å²) in [6.45, 7) is 0. The van der Waals surface area contributed by atoms with E-state index in [1.54, 1.807) is 12.1 Å². The molecule has 0 radical (unpaired) electrons. The molecule has 3 rings (SSSR count). The molecule has 5 heteroatoms. The fraction of sp³-hybridized carbons (Fsp3) is 0. The molecule has 0 bridgehead atoms. The minimum atomic E-state index is -0.557. The van der Waals surface area contributed by atoms with Crippen molar-refractivity contribution >= 4 is 34.2 Å². The van der Waals surface area contributed by atoms with Crippen LogP contribution in [0.1, 0.15) is 10.6 Å². The second kappa shape index (κ2) is 4.98. The van der Waals surface area contributed by atoms with Crippen molar-refractivity contribution < 1.29 is 13.6 Å². The second-order valence-corrected chi connectivity index (χ2v) is 4.66. The van der Waals surface area contributed by atoms with Gasteiger partial charge in [0.2, 0.25) is 0 Å². The summed E-state index contributed by atoms with van der Waals surface area (Å²) < 4.78 is 19.0. The van der Waals surface area contributed by atoms with Crippen molar-refractivity contribution in [1.82, 2.24) is 0 Å². The van der Waals surface area contributed by atoms with E-state index in [0.717, 1.165) is 5.39 Å². The molecule has 0 unspecified atom stereocenters. The van der Waals surface area contributed by atoms with Gasteiger partial charge in [-0.2, -0.15) is 0 Å². The zero-order valence-electron chi connectivity index (χ0n) is 10.2. The number of amides is 1. The molecule has 0 fully saturated rings. The Morgan fingerprint density at radius 3 is 2.75 bits per heavy atom. The largest absolute Gasteiger partial charge is 0.451 e. The highest BCUT2D eigenvalue weighted by molar-refractivity contribution is 6.31. The fourth-order valence-corrected chi connectivity index (χ4v) is 2.04. The second-order valence-electron chi connectivity index (χ2n) is 4.23. The van der Waals surface area contributed by atoms with Gasteiger partial charge in [-0.15, -0.1) is 0 Å². The summed E-state index contributed by atoms with van der Waals surface area (Å²) in [7, 11) is 0. The van der Waals surface area contributed by atoms with Crippen molar-refractivity contribution in [1.29, 1.82) is 0 Å². The lowest BCUT2D eigenvalue weighted by molar-refractivity contribution is 0.0998. The van der Waals surface area contributed by atoms with Gasteiger partial charge in [-0.1, -0.05) is 29.8 Å². The Morgan fingerprint density at radius 2 is 1.95 bits per heavy atom. The molecule has 3 aromatic rings. The number of fused-ring (bicyclic) bond motifs is 1. The standard InChI is InChI=1S/C15H9ClFNO2/c16-10-5-6-11(17)12(8-10)18-15(19)14-7-9-3-1-2-4-13(9)20-14/h1-8H,(H,18,19). The SMILES string of the molecule is O=C(Nc1cc(Cl)ccc1F)c1cc2ccccc2o1. The summed E-state index contributed by atoms with van der Waals surface area (Å²) in [6.07, 6.45) is 0. The van der Waals surface area contributed by atoms with Gasteiger partial charge in [0.25, 0.3) is 5.91 Å². The molecular formula is C15H9ClFNO2. The first-order valence-corrected chi connectivity index (χ1v) is 6.26. The number of furan rings is 1. The van der Waals surface area contributed by atoms with Crippen molar-refractivity contribution in [2.75, 3.05) is 5.32 Å². The summed E-state index contributed by atoms with van der Waals surface area (Å²) in [5.41, 5.74) is 0.618. The van der Waals surface area contributed by atoms with Crippen LogP contribution in [0.5, 0.6) is 0 Å². The van der Waals surface area contributed by atoms with Crippen molar-refractivity contribution in [2.45, 2.75) is 0 Å². The van der Waals surface area contributed by atoms with E-state index in [2.05, 4.69) is 5.32 Å². The Hall–Kier alpha value is -2.33. The predicted octanol–water partition coefficient (Wildman–Crippen LogP) is 4.48. The fourth-order valence-electron chi connectivity index (χ4n) is 1.87. The lowest BCUT2D eigenvalue weighted by Gasteiger charge is -2.04. The van der Waals surface area contributed by atoms with E-state index >= 15 is 0 Å². The summed E-state index contributed by atoms with van der Waals surface area (Å²) in [5.74, 6) is -0.966. The highest BCUT2D eigenvalue weighted by atomic mass is 35.5.